The van der Waals surface area contributed by atoms with Crippen LogP contribution < -0.4 is 10.2 Å². The second-order valence-corrected chi connectivity index (χ2v) is 9.74. The molecule has 154 valence electrons. The lowest BCUT2D eigenvalue weighted by atomic mass is 9.59. The molecule has 28 heavy (non-hydrogen) atoms. The molecule has 3 aliphatic rings. The number of amides is 1. The monoisotopic (exact) mass is 384 g/mol. The van der Waals surface area contributed by atoms with Crippen LogP contribution >= 0.6 is 0 Å². The van der Waals surface area contributed by atoms with Gasteiger partial charge in [0.2, 0.25) is 5.91 Å². The first-order valence-electron chi connectivity index (χ1n) is 11.1. The minimum Gasteiger partial charge on any atom is -0.373 e. The minimum atomic E-state index is 0.102. The number of anilines is 1. The molecule has 2 bridgehead atoms. The Bertz CT molecular complexity index is 725. The molecule has 2 saturated carbocycles. The van der Waals surface area contributed by atoms with Gasteiger partial charge in [-0.05, 0) is 73.5 Å². The molecular weight excluding hydrogens is 348 g/mol. The molecule has 1 amide bonds. The average molecular weight is 385 g/mol. The zero-order chi connectivity index (χ0) is 20.1. The summed E-state index contributed by atoms with van der Waals surface area (Å²) in [7, 11) is 0. The van der Waals surface area contributed by atoms with Crippen molar-refractivity contribution >= 4 is 11.6 Å². The number of nitrogens with zero attached hydrogens (tertiary/aromatic N) is 1. The molecular formula is C24H36N2O2. The van der Waals surface area contributed by atoms with Crippen LogP contribution in [0.5, 0.6) is 0 Å². The summed E-state index contributed by atoms with van der Waals surface area (Å²) in [5.74, 6) is 1.26. The molecule has 0 radical (unpaired) electrons. The van der Waals surface area contributed by atoms with Gasteiger partial charge in [-0.1, -0.05) is 26.0 Å². The van der Waals surface area contributed by atoms with Crippen LogP contribution in [0.2, 0.25) is 0 Å². The number of benzene rings is 1. The summed E-state index contributed by atoms with van der Waals surface area (Å²) in [4.78, 5) is 14.4. The third-order valence-electron chi connectivity index (χ3n) is 8.20. The Morgan fingerprint density at radius 2 is 1.89 bits per heavy atom. The molecule has 1 aromatic carbocycles. The number of fused-ring (bicyclic) bond motifs is 1. The van der Waals surface area contributed by atoms with E-state index in [1.165, 1.54) is 24.1 Å². The fourth-order valence-electron chi connectivity index (χ4n) is 6.78. The molecule has 1 aliphatic heterocycles. The van der Waals surface area contributed by atoms with Gasteiger partial charge in [0.1, 0.15) is 0 Å². The molecule has 4 nitrogen and oxygen atoms in total. The Kier molecular flexibility index (Phi) is 4.97. The molecule has 1 spiro atoms. The van der Waals surface area contributed by atoms with E-state index in [0.717, 1.165) is 26.1 Å². The topological polar surface area (TPSA) is 41.6 Å². The summed E-state index contributed by atoms with van der Waals surface area (Å²) in [5.41, 5.74) is 2.92. The third kappa shape index (κ3) is 2.87. The zero-order valence-corrected chi connectivity index (χ0v) is 18.1. The number of hydrogen-bond donors (Lipinski definition) is 1. The second kappa shape index (κ2) is 7.05. The van der Waals surface area contributed by atoms with E-state index in [2.05, 4.69) is 62.2 Å². The first kappa shape index (κ1) is 19.8. The highest BCUT2D eigenvalue weighted by molar-refractivity contribution is 5.73. The fraction of sp³-hybridized carbons (Fsp3) is 0.708. The van der Waals surface area contributed by atoms with Gasteiger partial charge in [-0.25, -0.2) is 0 Å². The lowest BCUT2D eigenvalue weighted by Gasteiger charge is -2.53. The van der Waals surface area contributed by atoms with Crippen molar-refractivity contribution in [3.8, 4) is 0 Å². The van der Waals surface area contributed by atoms with Crippen LogP contribution in [-0.2, 0) is 9.53 Å². The smallest absolute Gasteiger partial charge is 0.217 e. The molecule has 4 heteroatoms. The molecule has 2 aliphatic carbocycles. The van der Waals surface area contributed by atoms with Crippen LogP contribution in [0.25, 0.3) is 0 Å². The van der Waals surface area contributed by atoms with Gasteiger partial charge >= 0.3 is 0 Å². The predicted octanol–water partition coefficient (Wildman–Crippen LogP) is 4.55. The zero-order valence-electron chi connectivity index (χ0n) is 18.1. The molecule has 0 aromatic heterocycles. The number of hydrogen-bond acceptors (Lipinski definition) is 3. The van der Waals surface area contributed by atoms with Crippen LogP contribution in [0.1, 0.15) is 65.5 Å². The normalized spacial score (nSPS) is 35.5. The van der Waals surface area contributed by atoms with Gasteiger partial charge in [0.25, 0.3) is 0 Å². The van der Waals surface area contributed by atoms with Crippen molar-refractivity contribution in [3.05, 3.63) is 29.8 Å². The molecule has 1 saturated heterocycles. The van der Waals surface area contributed by atoms with E-state index in [1.54, 1.807) is 6.92 Å². The predicted molar refractivity (Wildman–Crippen MR) is 113 cm³/mol. The molecule has 4 rings (SSSR count). The Hall–Kier alpha value is -1.55. The number of carbonyl (C=O) groups is 1. The van der Waals surface area contributed by atoms with Gasteiger partial charge in [0.15, 0.2) is 0 Å². The Balaban J connectivity index is 1.63. The van der Waals surface area contributed by atoms with Crippen molar-refractivity contribution in [3.63, 3.8) is 0 Å². The lowest BCUT2D eigenvalue weighted by molar-refractivity contribution is -0.135. The molecule has 1 N–H and O–H groups in total. The van der Waals surface area contributed by atoms with E-state index in [-0.39, 0.29) is 28.9 Å². The third-order valence-corrected chi connectivity index (χ3v) is 8.20. The van der Waals surface area contributed by atoms with Gasteiger partial charge in [0.05, 0.1) is 6.10 Å². The standard InChI is InChI=1S/C24H36N2O2/c1-6-26(7-2)19-10-8-17(9-11-19)21-20-14-18-15-24(20,12-13-28-21)22(23(18,4)5)25-16(3)27/h8-11,18,20-22H,6-7,12-15H2,1-5H3,(H,25,27)/t18-,20-,21-,22+,24-/m1/s1. The number of rotatable bonds is 5. The maximum Gasteiger partial charge on any atom is 0.217 e. The highest BCUT2D eigenvalue weighted by atomic mass is 16.5. The fourth-order valence-corrected chi connectivity index (χ4v) is 6.78. The van der Waals surface area contributed by atoms with E-state index in [4.69, 9.17) is 4.74 Å². The van der Waals surface area contributed by atoms with E-state index >= 15 is 0 Å². The van der Waals surface area contributed by atoms with Crippen molar-refractivity contribution in [1.29, 1.82) is 0 Å². The molecule has 0 unspecified atom stereocenters. The number of carbonyl (C=O) groups excluding carboxylic acids is 1. The van der Waals surface area contributed by atoms with Gasteiger partial charge in [-0.3, -0.25) is 4.79 Å². The van der Waals surface area contributed by atoms with Crippen LogP contribution in [0.15, 0.2) is 24.3 Å². The van der Waals surface area contributed by atoms with Gasteiger partial charge in [0, 0.05) is 38.3 Å². The van der Waals surface area contributed by atoms with Crippen molar-refractivity contribution in [2.24, 2.45) is 22.7 Å². The number of nitrogens with one attached hydrogen (secondary N) is 1. The Morgan fingerprint density at radius 1 is 1.21 bits per heavy atom. The summed E-state index contributed by atoms with van der Waals surface area (Å²) >= 11 is 0. The van der Waals surface area contributed by atoms with E-state index in [1.807, 2.05) is 0 Å². The highest BCUT2D eigenvalue weighted by Gasteiger charge is 2.68. The molecule has 3 fully saturated rings. The van der Waals surface area contributed by atoms with E-state index in [0.29, 0.717) is 11.8 Å². The first-order valence-corrected chi connectivity index (χ1v) is 11.1. The SMILES string of the molecule is CCN(CC)c1ccc([C@H]2OCC[C@@]34C[C@@H](C[C@H]23)C(C)(C)[C@@H]4NC(C)=O)cc1. The summed E-state index contributed by atoms with van der Waals surface area (Å²) in [5, 5.41) is 3.36. The van der Waals surface area contributed by atoms with Gasteiger partial charge < -0.3 is 15.0 Å². The van der Waals surface area contributed by atoms with E-state index in [9.17, 15) is 4.79 Å². The summed E-state index contributed by atoms with van der Waals surface area (Å²) in [6, 6.07) is 9.27. The van der Waals surface area contributed by atoms with Gasteiger partial charge in [-0.15, -0.1) is 0 Å². The summed E-state index contributed by atoms with van der Waals surface area (Å²) in [6.45, 7) is 13.6. The highest BCUT2D eigenvalue weighted by Crippen LogP contribution is 2.70. The average Bonchev–Trinajstić information content (AvgIpc) is 3.16. The lowest BCUT2D eigenvalue weighted by Crippen LogP contribution is -2.58. The summed E-state index contributed by atoms with van der Waals surface area (Å²) < 4.78 is 6.37. The molecule has 1 aromatic rings. The van der Waals surface area contributed by atoms with E-state index < -0.39 is 0 Å². The number of ether oxygens (including phenoxy) is 1. The second-order valence-electron chi connectivity index (χ2n) is 9.74. The molecule has 5 atom stereocenters. The largest absolute Gasteiger partial charge is 0.373 e. The van der Waals surface area contributed by atoms with Crippen LogP contribution in [0.4, 0.5) is 5.69 Å². The van der Waals surface area contributed by atoms with Crippen LogP contribution in [0.3, 0.4) is 0 Å². The van der Waals surface area contributed by atoms with Crippen LogP contribution in [0, 0.1) is 22.7 Å². The summed E-state index contributed by atoms with van der Waals surface area (Å²) in [6.07, 6.45) is 3.66. The van der Waals surface area contributed by atoms with Crippen molar-refractivity contribution in [2.75, 3.05) is 24.6 Å². The maximum absolute atomic E-state index is 12.0. The van der Waals surface area contributed by atoms with Crippen molar-refractivity contribution < 1.29 is 9.53 Å². The minimum absolute atomic E-state index is 0.102. The van der Waals surface area contributed by atoms with Crippen molar-refractivity contribution in [1.82, 2.24) is 5.32 Å². The van der Waals surface area contributed by atoms with Gasteiger partial charge in [-0.2, -0.15) is 0 Å². The van der Waals surface area contributed by atoms with Crippen molar-refractivity contribution in [2.45, 2.75) is 66.0 Å². The Labute approximate surface area is 170 Å². The first-order chi connectivity index (χ1) is 13.3. The Morgan fingerprint density at radius 3 is 2.50 bits per heavy atom. The quantitative estimate of drug-likeness (QED) is 0.810. The molecule has 1 heterocycles. The maximum atomic E-state index is 12.0. The van der Waals surface area contributed by atoms with Crippen LogP contribution in [-0.4, -0.2) is 31.6 Å².